The molecular formula is C10H11Br2N3. The first-order valence-electron chi connectivity index (χ1n) is 4.70. The molecule has 1 aromatic carbocycles. The summed E-state index contributed by atoms with van der Waals surface area (Å²) in [4.78, 5) is 4.50. The molecule has 1 fully saturated rings. The Bertz CT molecular complexity index is 379. The molecule has 15 heavy (non-hydrogen) atoms. The molecule has 0 saturated heterocycles. The molecule has 0 atom stereocenters. The summed E-state index contributed by atoms with van der Waals surface area (Å²) in [6.45, 7) is 0. The van der Waals surface area contributed by atoms with Crippen LogP contribution in [0.2, 0.25) is 0 Å². The van der Waals surface area contributed by atoms with Crippen LogP contribution in [0.15, 0.2) is 32.1 Å². The molecule has 80 valence electrons. The van der Waals surface area contributed by atoms with E-state index in [1.165, 1.54) is 12.8 Å². The number of nitrogens with zero attached hydrogens (tertiary/aromatic N) is 1. The fraction of sp³-hybridized carbons (Fsp3) is 0.300. The molecular weight excluding hydrogens is 322 g/mol. The van der Waals surface area contributed by atoms with Crippen molar-refractivity contribution in [2.45, 2.75) is 18.9 Å². The molecule has 1 aliphatic rings. The minimum atomic E-state index is 0.453. The molecule has 3 N–H and O–H groups in total. The third-order valence-corrected chi connectivity index (χ3v) is 3.05. The zero-order valence-corrected chi connectivity index (χ0v) is 11.2. The lowest BCUT2D eigenvalue weighted by Gasteiger charge is -2.06. The zero-order valence-electron chi connectivity index (χ0n) is 8.00. The lowest BCUT2D eigenvalue weighted by Crippen LogP contribution is -2.31. The van der Waals surface area contributed by atoms with Crippen molar-refractivity contribution in [3.05, 3.63) is 32.7 Å². The molecule has 0 aliphatic heterocycles. The minimum Gasteiger partial charge on any atom is -0.308 e. The molecule has 3 nitrogen and oxygen atoms in total. The predicted octanol–water partition coefficient (Wildman–Crippen LogP) is 2.58. The molecule has 0 heterocycles. The van der Waals surface area contributed by atoms with Gasteiger partial charge in [-0.2, -0.15) is 0 Å². The molecule has 1 aliphatic carbocycles. The molecule has 0 unspecified atom stereocenters. The first-order chi connectivity index (χ1) is 7.19. The van der Waals surface area contributed by atoms with Gasteiger partial charge in [0.05, 0.1) is 6.04 Å². The minimum absolute atomic E-state index is 0.453. The van der Waals surface area contributed by atoms with Crippen LogP contribution >= 0.6 is 31.9 Å². The summed E-state index contributed by atoms with van der Waals surface area (Å²) in [6, 6.07) is 6.42. The molecule has 0 spiro atoms. The van der Waals surface area contributed by atoms with Gasteiger partial charge in [-0.05, 0) is 31.0 Å². The number of amidine groups is 1. The summed E-state index contributed by atoms with van der Waals surface area (Å²) in [5.74, 6) is 6.22. The summed E-state index contributed by atoms with van der Waals surface area (Å²) >= 11 is 6.88. The van der Waals surface area contributed by atoms with Crippen molar-refractivity contribution < 1.29 is 0 Å². The molecule has 2 rings (SSSR count). The van der Waals surface area contributed by atoms with Gasteiger partial charge in [0.15, 0.2) is 0 Å². The number of aliphatic imine (C=N–C) groups is 1. The van der Waals surface area contributed by atoms with Crippen LogP contribution in [0.3, 0.4) is 0 Å². The van der Waals surface area contributed by atoms with Crippen LogP contribution in [0.5, 0.6) is 0 Å². The summed E-state index contributed by atoms with van der Waals surface area (Å²) in [5.41, 5.74) is 3.64. The second-order valence-electron chi connectivity index (χ2n) is 3.51. The van der Waals surface area contributed by atoms with Crippen LogP contribution in [0.4, 0.5) is 0 Å². The van der Waals surface area contributed by atoms with Gasteiger partial charge in [0.25, 0.3) is 0 Å². The maximum Gasteiger partial charge on any atom is 0.142 e. The standard InChI is InChI=1S/C10H11Br2N3/c11-7-3-6(4-8(12)5-7)10(15-13)14-9-1-2-9/h3-5,9H,1-2,13H2,(H,14,15). The van der Waals surface area contributed by atoms with Gasteiger partial charge in [0, 0.05) is 14.5 Å². The van der Waals surface area contributed by atoms with E-state index < -0.39 is 0 Å². The molecule has 1 aromatic rings. The van der Waals surface area contributed by atoms with E-state index in [1.54, 1.807) is 0 Å². The van der Waals surface area contributed by atoms with Crippen LogP contribution in [-0.4, -0.2) is 11.9 Å². The number of hydrazine groups is 1. The summed E-state index contributed by atoms with van der Waals surface area (Å²) in [5, 5.41) is 0. The quantitative estimate of drug-likeness (QED) is 0.378. The maximum absolute atomic E-state index is 5.47. The Morgan fingerprint density at radius 3 is 2.33 bits per heavy atom. The van der Waals surface area contributed by atoms with Crippen LogP contribution in [-0.2, 0) is 0 Å². The van der Waals surface area contributed by atoms with Crippen LogP contribution in [0.25, 0.3) is 0 Å². The Balaban J connectivity index is 2.32. The SMILES string of the molecule is NNC(=NC1CC1)c1cc(Br)cc(Br)c1. The van der Waals surface area contributed by atoms with E-state index in [2.05, 4.69) is 42.3 Å². The van der Waals surface area contributed by atoms with Crippen molar-refractivity contribution in [1.29, 1.82) is 0 Å². The van der Waals surface area contributed by atoms with Gasteiger partial charge in [0.1, 0.15) is 5.84 Å². The van der Waals surface area contributed by atoms with Crippen LogP contribution < -0.4 is 11.3 Å². The van der Waals surface area contributed by atoms with E-state index >= 15 is 0 Å². The first-order valence-corrected chi connectivity index (χ1v) is 6.28. The van der Waals surface area contributed by atoms with Crippen molar-refractivity contribution >= 4 is 37.7 Å². The van der Waals surface area contributed by atoms with Gasteiger partial charge in [-0.15, -0.1) is 0 Å². The molecule has 0 amide bonds. The molecule has 0 radical (unpaired) electrons. The Hall–Kier alpha value is -0.390. The normalized spacial score (nSPS) is 16.6. The third-order valence-electron chi connectivity index (χ3n) is 2.13. The van der Waals surface area contributed by atoms with E-state index in [0.717, 1.165) is 20.3 Å². The van der Waals surface area contributed by atoms with E-state index in [0.29, 0.717) is 6.04 Å². The Morgan fingerprint density at radius 1 is 1.27 bits per heavy atom. The monoisotopic (exact) mass is 331 g/mol. The summed E-state index contributed by atoms with van der Waals surface area (Å²) < 4.78 is 2.01. The number of hydrogen-bond acceptors (Lipinski definition) is 2. The second-order valence-corrected chi connectivity index (χ2v) is 5.34. The zero-order chi connectivity index (χ0) is 10.8. The lowest BCUT2D eigenvalue weighted by atomic mass is 10.2. The van der Waals surface area contributed by atoms with Crippen LogP contribution in [0, 0.1) is 0 Å². The van der Waals surface area contributed by atoms with Crippen molar-refractivity contribution in [2.75, 3.05) is 0 Å². The highest BCUT2D eigenvalue weighted by atomic mass is 79.9. The fourth-order valence-electron chi connectivity index (χ4n) is 1.27. The van der Waals surface area contributed by atoms with Gasteiger partial charge in [0.2, 0.25) is 0 Å². The van der Waals surface area contributed by atoms with Gasteiger partial charge in [-0.25, -0.2) is 5.84 Å². The largest absolute Gasteiger partial charge is 0.308 e. The van der Waals surface area contributed by atoms with E-state index in [1.807, 2.05) is 18.2 Å². The third kappa shape index (κ3) is 3.03. The van der Waals surface area contributed by atoms with Crippen molar-refractivity contribution in [2.24, 2.45) is 10.8 Å². The highest BCUT2D eigenvalue weighted by Crippen LogP contribution is 2.25. The Morgan fingerprint density at radius 2 is 1.87 bits per heavy atom. The predicted molar refractivity (Wildman–Crippen MR) is 68.7 cm³/mol. The maximum atomic E-state index is 5.47. The van der Waals surface area contributed by atoms with Crippen molar-refractivity contribution in [1.82, 2.24) is 5.43 Å². The highest BCUT2D eigenvalue weighted by molar-refractivity contribution is 9.11. The topological polar surface area (TPSA) is 50.4 Å². The van der Waals surface area contributed by atoms with E-state index in [-0.39, 0.29) is 0 Å². The summed E-state index contributed by atoms with van der Waals surface area (Å²) in [7, 11) is 0. The molecule has 1 saturated carbocycles. The molecule has 0 bridgehead atoms. The van der Waals surface area contributed by atoms with E-state index in [4.69, 9.17) is 5.84 Å². The van der Waals surface area contributed by atoms with E-state index in [9.17, 15) is 0 Å². The van der Waals surface area contributed by atoms with Gasteiger partial charge < -0.3 is 5.43 Å². The average molecular weight is 333 g/mol. The number of halogens is 2. The van der Waals surface area contributed by atoms with Gasteiger partial charge in [-0.1, -0.05) is 31.9 Å². The van der Waals surface area contributed by atoms with Crippen molar-refractivity contribution in [3.8, 4) is 0 Å². The fourth-order valence-corrected chi connectivity index (χ4v) is 2.57. The second kappa shape index (κ2) is 4.63. The first kappa shape index (κ1) is 11.1. The highest BCUT2D eigenvalue weighted by Gasteiger charge is 2.21. The number of nitrogens with two attached hydrogens (primary N) is 1. The van der Waals surface area contributed by atoms with Gasteiger partial charge in [-0.3, -0.25) is 4.99 Å². The number of nitrogens with one attached hydrogen (secondary N) is 1. The Labute approximate surface area is 105 Å². The summed E-state index contributed by atoms with van der Waals surface area (Å²) in [6.07, 6.45) is 2.33. The average Bonchev–Trinajstić information content (AvgIpc) is 2.96. The number of rotatable bonds is 2. The van der Waals surface area contributed by atoms with Gasteiger partial charge >= 0.3 is 0 Å². The number of benzene rings is 1. The lowest BCUT2D eigenvalue weighted by molar-refractivity contribution is 0.971. The smallest absolute Gasteiger partial charge is 0.142 e. The molecule has 5 heteroatoms. The molecule has 0 aromatic heterocycles. The number of hydrogen-bond donors (Lipinski definition) is 2. The Kier molecular flexibility index (Phi) is 3.43. The van der Waals surface area contributed by atoms with Crippen molar-refractivity contribution in [3.63, 3.8) is 0 Å². The van der Waals surface area contributed by atoms with Crippen LogP contribution in [0.1, 0.15) is 18.4 Å².